The molecule has 0 fully saturated rings. The maximum Gasteiger partial charge on any atom is 0.0445 e. The van der Waals surface area contributed by atoms with E-state index < -0.39 is 0 Å². The predicted octanol–water partition coefficient (Wildman–Crippen LogP) is 2.20. The third kappa shape index (κ3) is 3.35. The van der Waals surface area contributed by atoms with E-state index in [1.54, 1.807) is 0 Å². The Kier molecular flexibility index (Phi) is 5.57. The summed E-state index contributed by atoms with van der Waals surface area (Å²) in [5.74, 6) is 0. The molecule has 0 spiro atoms. The fourth-order valence-electron chi connectivity index (χ4n) is 1.68. The molecule has 1 aromatic rings. The van der Waals surface area contributed by atoms with Crippen LogP contribution in [0.5, 0.6) is 0 Å². The molecule has 0 aliphatic carbocycles. The van der Waals surface area contributed by atoms with E-state index in [-0.39, 0.29) is 0 Å². The minimum atomic E-state index is 0.868. The molecule has 0 aliphatic rings. The van der Waals surface area contributed by atoms with Crippen LogP contribution in [0.25, 0.3) is 0 Å². The molecule has 1 rings (SSSR count). The van der Waals surface area contributed by atoms with E-state index in [0.717, 1.165) is 26.2 Å². The Morgan fingerprint density at radius 2 is 2.31 bits per heavy atom. The summed E-state index contributed by atoms with van der Waals surface area (Å²) in [4.78, 5) is 6.48. The van der Waals surface area contributed by atoms with Gasteiger partial charge in [0.2, 0.25) is 0 Å². The molecule has 0 amide bonds. The Balaban J connectivity index is 2.86. The highest BCUT2D eigenvalue weighted by molar-refractivity contribution is 5.52. The second-order valence-corrected chi connectivity index (χ2v) is 3.61. The number of hydrogen-bond acceptors (Lipinski definition) is 3. The van der Waals surface area contributed by atoms with Gasteiger partial charge in [-0.15, -0.1) is 6.58 Å². The highest BCUT2D eigenvalue weighted by atomic mass is 15.1. The van der Waals surface area contributed by atoms with Crippen molar-refractivity contribution in [1.82, 2.24) is 10.3 Å². The van der Waals surface area contributed by atoms with Gasteiger partial charge in [-0.2, -0.15) is 0 Å². The van der Waals surface area contributed by atoms with Crippen LogP contribution in [0.2, 0.25) is 0 Å². The summed E-state index contributed by atoms with van der Waals surface area (Å²) in [5.41, 5.74) is 2.49. The number of pyridine rings is 1. The number of anilines is 1. The molecule has 0 radical (unpaired) electrons. The Bertz CT molecular complexity index is 323. The Labute approximate surface area is 98.2 Å². The summed E-state index contributed by atoms with van der Waals surface area (Å²) in [6, 6.07) is 2.07. The first-order valence-corrected chi connectivity index (χ1v) is 5.82. The molecule has 1 aromatic heterocycles. The van der Waals surface area contributed by atoms with Crippen molar-refractivity contribution in [2.24, 2.45) is 0 Å². The van der Waals surface area contributed by atoms with Gasteiger partial charge in [0.25, 0.3) is 0 Å². The largest absolute Gasteiger partial charge is 0.368 e. The molecule has 0 saturated carbocycles. The standard InChI is InChI=1S/C13H21N3/c1-4-9-16(6-3)13-7-8-15-11-12(13)10-14-5-2/h4,7-8,11,14H,1,5-6,9-10H2,2-3H3. The van der Waals surface area contributed by atoms with E-state index in [2.05, 4.69) is 41.7 Å². The van der Waals surface area contributed by atoms with Gasteiger partial charge in [0.1, 0.15) is 0 Å². The van der Waals surface area contributed by atoms with Crippen molar-refractivity contribution in [3.8, 4) is 0 Å². The molecule has 88 valence electrons. The lowest BCUT2D eigenvalue weighted by molar-refractivity contribution is 0.720. The monoisotopic (exact) mass is 219 g/mol. The third-order valence-corrected chi connectivity index (χ3v) is 2.52. The fraction of sp³-hybridized carbons (Fsp3) is 0.462. The first kappa shape index (κ1) is 12.7. The van der Waals surface area contributed by atoms with Crippen molar-refractivity contribution in [3.05, 3.63) is 36.7 Å². The van der Waals surface area contributed by atoms with Crippen LogP contribution in [0.15, 0.2) is 31.1 Å². The first-order chi connectivity index (χ1) is 7.83. The lowest BCUT2D eigenvalue weighted by Crippen LogP contribution is -2.25. The molecule has 3 nitrogen and oxygen atoms in total. The van der Waals surface area contributed by atoms with E-state index in [9.17, 15) is 0 Å². The molecule has 16 heavy (non-hydrogen) atoms. The molecule has 1 heterocycles. The normalized spacial score (nSPS) is 10.1. The second-order valence-electron chi connectivity index (χ2n) is 3.61. The van der Waals surface area contributed by atoms with Crippen molar-refractivity contribution in [2.75, 3.05) is 24.5 Å². The number of rotatable bonds is 7. The van der Waals surface area contributed by atoms with Crippen LogP contribution >= 0.6 is 0 Å². The number of hydrogen-bond donors (Lipinski definition) is 1. The SMILES string of the molecule is C=CCN(CC)c1ccncc1CNCC. The molecule has 0 aliphatic heterocycles. The highest BCUT2D eigenvalue weighted by Gasteiger charge is 2.07. The fourth-order valence-corrected chi connectivity index (χ4v) is 1.68. The van der Waals surface area contributed by atoms with Crippen LogP contribution in [-0.2, 0) is 6.54 Å². The zero-order valence-corrected chi connectivity index (χ0v) is 10.2. The molecule has 1 N–H and O–H groups in total. The van der Waals surface area contributed by atoms with Crippen LogP contribution in [-0.4, -0.2) is 24.6 Å². The predicted molar refractivity (Wildman–Crippen MR) is 69.7 cm³/mol. The molecule has 0 bridgehead atoms. The van der Waals surface area contributed by atoms with Gasteiger partial charge in [-0.1, -0.05) is 13.0 Å². The Morgan fingerprint density at radius 3 is 2.94 bits per heavy atom. The van der Waals surface area contributed by atoms with Crippen LogP contribution in [0.1, 0.15) is 19.4 Å². The minimum Gasteiger partial charge on any atom is -0.368 e. The Morgan fingerprint density at radius 1 is 1.50 bits per heavy atom. The minimum absolute atomic E-state index is 0.868. The van der Waals surface area contributed by atoms with Crippen molar-refractivity contribution in [1.29, 1.82) is 0 Å². The molecule has 0 atom stereocenters. The van der Waals surface area contributed by atoms with Gasteiger partial charge >= 0.3 is 0 Å². The average Bonchev–Trinajstić information content (AvgIpc) is 2.34. The number of nitrogens with one attached hydrogen (secondary N) is 1. The van der Waals surface area contributed by atoms with Crippen molar-refractivity contribution < 1.29 is 0 Å². The summed E-state index contributed by atoms with van der Waals surface area (Å²) in [5, 5.41) is 3.33. The van der Waals surface area contributed by atoms with E-state index in [4.69, 9.17) is 0 Å². The molecule has 0 aromatic carbocycles. The molecule has 0 unspecified atom stereocenters. The van der Waals surface area contributed by atoms with E-state index >= 15 is 0 Å². The van der Waals surface area contributed by atoms with Crippen LogP contribution < -0.4 is 10.2 Å². The number of likely N-dealkylation sites (N-methyl/N-ethyl adjacent to an activating group) is 1. The molecular weight excluding hydrogens is 198 g/mol. The molecule has 3 heteroatoms. The van der Waals surface area contributed by atoms with Gasteiger partial charge in [0.15, 0.2) is 0 Å². The van der Waals surface area contributed by atoms with Gasteiger partial charge < -0.3 is 10.2 Å². The summed E-state index contributed by atoms with van der Waals surface area (Å²) >= 11 is 0. The lowest BCUT2D eigenvalue weighted by Gasteiger charge is -2.24. The zero-order chi connectivity index (χ0) is 11.8. The van der Waals surface area contributed by atoms with Gasteiger partial charge in [0, 0.05) is 43.3 Å². The van der Waals surface area contributed by atoms with Crippen LogP contribution in [0.4, 0.5) is 5.69 Å². The maximum absolute atomic E-state index is 4.18. The average molecular weight is 219 g/mol. The quantitative estimate of drug-likeness (QED) is 0.713. The highest BCUT2D eigenvalue weighted by Crippen LogP contribution is 2.18. The number of nitrogens with zero attached hydrogens (tertiary/aromatic N) is 2. The Hall–Kier alpha value is -1.35. The topological polar surface area (TPSA) is 28.2 Å². The van der Waals surface area contributed by atoms with Crippen molar-refractivity contribution in [2.45, 2.75) is 20.4 Å². The number of aromatic nitrogens is 1. The van der Waals surface area contributed by atoms with Crippen molar-refractivity contribution in [3.63, 3.8) is 0 Å². The third-order valence-electron chi connectivity index (χ3n) is 2.52. The van der Waals surface area contributed by atoms with Crippen LogP contribution in [0.3, 0.4) is 0 Å². The van der Waals surface area contributed by atoms with Crippen LogP contribution in [0, 0.1) is 0 Å². The van der Waals surface area contributed by atoms with E-state index in [1.807, 2.05) is 18.5 Å². The summed E-state index contributed by atoms with van der Waals surface area (Å²) < 4.78 is 0. The summed E-state index contributed by atoms with van der Waals surface area (Å²) in [6.45, 7) is 11.8. The molecule has 0 saturated heterocycles. The zero-order valence-electron chi connectivity index (χ0n) is 10.2. The van der Waals surface area contributed by atoms with Gasteiger partial charge in [0.05, 0.1) is 0 Å². The summed E-state index contributed by atoms with van der Waals surface area (Å²) in [6.07, 6.45) is 5.71. The van der Waals surface area contributed by atoms with Crippen molar-refractivity contribution >= 4 is 5.69 Å². The summed E-state index contributed by atoms with van der Waals surface area (Å²) in [7, 11) is 0. The van der Waals surface area contributed by atoms with E-state index in [1.165, 1.54) is 11.3 Å². The van der Waals surface area contributed by atoms with Gasteiger partial charge in [-0.25, -0.2) is 0 Å². The smallest absolute Gasteiger partial charge is 0.0445 e. The second kappa shape index (κ2) is 7.01. The van der Waals surface area contributed by atoms with E-state index in [0.29, 0.717) is 0 Å². The maximum atomic E-state index is 4.18. The first-order valence-electron chi connectivity index (χ1n) is 5.82. The van der Waals surface area contributed by atoms with Gasteiger partial charge in [-0.3, -0.25) is 4.98 Å². The lowest BCUT2D eigenvalue weighted by atomic mass is 10.2. The van der Waals surface area contributed by atoms with Gasteiger partial charge in [-0.05, 0) is 19.5 Å². The molecular formula is C13H21N3.